The Morgan fingerprint density at radius 1 is 1.22 bits per heavy atom. The SMILES string of the molecule is COc1ccc(CCN(C)c2ncccc2[N+](=O)[O-])cc1OC. The maximum Gasteiger partial charge on any atom is 0.311 e. The van der Waals surface area contributed by atoms with Crippen LogP contribution in [-0.2, 0) is 6.42 Å². The van der Waals surface area contributed by atoms with Gasteiger partial charge in [-0.25, -0.2) is 4.98 Å². The van der Waals surface area contributed by atoms with Crippen molar-refractivity contribution in [3.8, 4) is 11.5 Å². The molecule has 0 fully saturated rings. The van der Waals surface area contributed by atoms with E-state index in [0.29, 0.717) is 30.3 Å². The van der Waals surface area contributed by atoms with E-state index < -0.39 is 4.92 Å². The van der Waals surface area contributed by atoms with Crippen LogP contribution in [-0.4, -0.2) is 37.7 Å². The highest BCUT2D eigenvalue weighted by Gasteiger charge is 2.17. The summed E-state index contributed by atoms with van der Waals surface area (Å²) < 4.78 is 10.5. The molecule has 122 valence electrons. The molecular weight excluding hydrogens is 298 g/mol. The number of hydrogen-bond donors (Lipinski definition) is 0. The first-order valence-corrected chi connectivity index (χ1v) is 7.08. The van der Waals surface area contributed by atoms with Gasteiger partial charge in [0.1, 0.15) is 0 Å². The number of rotatable bonds is 7. The van der Waals surface area contributed by atoms with Crippen LogP contribution in [0.2, 0.25) is 0 Å². The van der Waals surface area contributed by atoms with Gasteiger partial charge in [-0.3, -0.25) is 10.1 Å². The van der Waals surface area contributed by atoms with Crippen molar-refractivity contribution in [3.63, 3.8) is 0 Å². The number of nitro groups is 1. The Kier molecular flexibility index (Phi) is 5.35. The van der Waals surface area contributed by atoms with Crippen LogP contribution in [0.5, 0.6) is 11.5 Å². The quantitative estimate of drug-likeness (QED) is 0.577. The fraction of sp³-hybridized carbons (Fsp3) is 0.312. The van der Waals surface area contributed by atoms with E-state index in [1.54, 1.807) is 38.4 Å². The molecule has 0 amide bonds. The first-order valence-electron chi connectivity index (χ1n) is 7.08. The van der Waals surface area contributed by atoms with E-state index in [1.165, 1.54) is 6.07 Å². The maximum atomic E-state index is 11.1. The number of hydrogen-bond acceptors (Lipinski definition) is 6. The van der Waals surface area contributed by atoms with Crippen LogP contribution in [0.1, 0.15) is 5.56 Å². The largest absolute Gasteiger partial charge is 0.493 e. The van der Waals surface area contributed by atoms with E-state index in [0.717, 1.165) is 5.56 Å². The lowest BCUT2D eigenvalue weighted by Crippen LogP contribution is -2.22. The fourth-order valence-electron chi connectivity index (χ4n) is 2.26. The third-order valence-electron chi connectivity index (χ3n) is 3.51. The smallest absolute Gasteiger partial charge is 0.311 e. The predicted octanol–water partition coefficient (Wildman–Crippen LogP) is 2.69. The molecular formula is C16H19N3O4. The fourth-order valence-corrected chi connectivity index (χ4v) is 2.26. The van der Waals surface area contributed by atoms with Crippen molar-refractivity contribution in [2.45, 2.75) is 6.42 Å². The molecule has 0 saturated carbocycles. The van der Waals surface area contributed by atoms with Crippen LogP contribution in [0, 0.1) is 10.1 Å². The molecule has 0 aliphatic carbocycles. The standard InChI is InChI=1S/C16H19N3O4/c1-18(16-13(19(20)21)5-4-9-17-16)10-8-12-6-7-14(22-2)15(11-12)23-3/h4-7,9,11H,8,10H2,1-3H3. The molecule has 23 heavy (non-hydrogen) atoms. The van der Waals surface area contributed by atoms with E-state index in [9.17, 15) is 10.1 Å². The minimum Gasteiger partial charge on any atom is -0.493 e. The van der Waals surface area contributed by atoms with Gasteiger partial charge in [-0.15, -0.1) is 0 Å². The van der Waals surface area contributed by atoms with Gasteiger partial charge in [0.15, 0.2) is 11.5 Å². The molecule has 1 aromatic heterocycles. The Morgan fingerprint density at radius 3 is 2.61 bits per heavy atom. The lowest BCUT2D eigenvalue weighted by Gasteiger charge is -2.18. The summed E-state index contributed by atoms with van der Waals surface area (Å²) in [7, 11) is 4.96. The van der Waals surface area contributed by atoms with Crippen LogP contribution >= 0.6 is 0 Å². The number of nitrogens with zero attached hydrogens (tertiary/aromatic N) is 3. The topological polar surface area (TPSA) is 77.7 Å². The Bertz CT molecular complexity index is 691. The molecule has 1 aromatic carbocycles. The summed E-state index contributed by atoms with van der Waals surface area (Å²) in [6.07, 6.45) is 2.25. The van der Waals surface area contributed by atoms with E-state index in [2.05, 4.69) is 4.98 Å². The van der Waals surface area contributed by atoms with Crippen molar-refractivity contribution in [2.24, 2.45) is 0 Å². The van der Waals surface area contributed by atoms with Crippen molar-refractivity contribution < 1.29 is 14.4 Å². The first kappa shape index (κ1) is 16.5. The molecule has 0 atom stereocenters. The molecule has 7 nitrogen and oxygen atoms in total. The highest BCUT2D eigenvalue weighted by Crippen LogP contribution is 2.28. The average Bonchev–Trinajstić information content (AvgIpc) is 2.59. The molecule has 7 heteroatoms. The lowest BCUT2D eigenvalue weighted by molar-refractivity contribution is -0.384. The molecule has 0 N–H and O–H groups in total. The molecule has 0 aliphatic heterocycles. The maximum absolute atomic E-state index is 11.1. The van der Waals surface area contributed by atoms with E-state index in [1.807, 2.05) is 18.2 Å². The van der Waals surface area contributed by atoms with E-state index >= 15 is 0 Å². The summed E-state index contributed by atoms with van der Waals surface area (Å²) in [5.74, 6) is 1.69. The van der Waals surface area contributed by atoms with Crippen molar-refractivity contribution in [2.75, 3.05) is 32.7 Å². The Balaban J connectivity index is 2.10. The summed E-state index contributed by atoms with van der Waals surface area (Å²) in [6.45, 7) is 0.591. The minimum atomic E-state index is -0.421. The first-order chi connectivity index (χ1) is 11.1. The highest BCUT2D eigenvalue weighted by atomic mass is 16.6. The zero-order chi connectivity index (χ0) is 16.8. The van der Waals surface area contributed by atoms with E-state index in [-0.39, 0.29) is 5.69 Å². The number of pyridine rings is 1. The summed E-state index contributed by atoms with van der Waals surface area (Å²) in [4.78, 5) is 16.5. The van der Waals surface area contributed by atoms with E-state index in [4.69, 9.17) is 9.47 Å². The van der Waals surface area contributed by atoms with Crippen LogP contribution in [0.3, 0.4) is 0 Å². The molecule has 0 spiro atoms. The normalized spacial score (nSPS) is 10.2. The number of aromatic nitrogens is 1. The molecule has 0 bridgehead atoms. The zero-order valence-electron chi connectivity index (χ0n) is 13.4. The molecule has 0 saturated heterocycles. The van der Waals surface area contributed by atoms with Gasteiger partial charge >= 0.3 is 5.69 Å². The average molecular weight is 317 g/mol. The van der Waals surface area contributed by atoms with Crippen LogP contribution in [0.25, 0.3) is 0 Å². The molecule has 0 radical (unpaired) electrons. The van der Waals surface area contributed by atoms with Gasteiger partial charge in [-0.2, -0.15) is 0 Å². The van der Waals surface area contributed by atoms with Crippen molar-refractivity contribution in [1.29, 1.82) is 0 Å². The molecule has 1 heterocycles. The Labute approximate surface area is 134 Å². The van der Waals surface area contributed by atoms with Gasteiger partial charge in [0.2, 0.25) is 5.82 Å². The van der Waals surface area contributed by atoms with Crippen LogP contribution in [0.4, 0.5) is 11.5 Å². The van der Waals surface area contributed by atoms with Gasteiger partial charge in [0.05, 0.1) is 19.1 Å². The second-order valence-electron chi connectivity index (χ2n) is 4.96. The Morgan fingerprint density at radius 2 is 1.96 bits per heavy atom. The molecule has 0 unspecified atom stereocenters. The monoisotopic (exact) mass is 317 g/mol. The summed E-state index contributed by atoms with van der Waals surface area (Å²) >= 11 is 0. The third kappa shape index (κ3) is 3.88. The van der Waals surface area contributed by atoms with Crippen molar-refractivity contribution in [1.82, 2.24) is 4.98 Å². The van der Waals surface area contributed by atoms with Crippen LogP contribution < -0.4 is 14.4 Å². The number of methoxy groups -OCH3 is 2. The second kappa shape index (κ2) is 7.44. The number of ether oxygens (including phenoxy) is 2. The number of benzene rings is 1. The van der Waals surface area contributed by atoms with Crippen molar-refractivity contribution in [3.05, 3.63) is 52.2 Å². The zero-order valence-corrected chi connectivity index (χ0v) is 13.4. The second-order valence-corrected chi connectivity index (χ2v) is 4.96. The lowest BCUT2D eigenvalue weighted by atomic mass is 10.1. The summed E-state index contributed by atoms with van der Waals surface area (Å²) in [5.41, 5.74) is 1.05. The van der Waals surface area contributed by atoms with Gasteiger partial charge in [-0.1, -0.05) is 6.07 Å². The van der Waals surface area contributed by atoms with Gasteiger partial charge in [-0.05, 0) is 30.2 Å². The number of anilines is 1. The van der Waals surface area contributed by atoms with Crippen LogP contribution in [0.15, 0.2) is 36.5 Å². The third-order valence-corrected chi connectivity index (χ3v) is 3.51. The summed E-state index contributed by atoms with van der Waals surface area (Å²) in [5, 5.41) is 11.1. The summed E-state index contributed by atoms with van der Waals surface area (Å²) in [6, 6.07) is 8.71. The predicted molar refractivity (Wildman–Crippen MR) is 87.4 cm³/mol. The molecule has 0 aliphatic rings. The Hall–Kier alpha value is -2.83. The minimum absolute atomic E-state index is 0.00214. The van der Waals surface area contributed by atoms with Gasteiger partial charge in [0, 0.05) is 25.9 Å². The van der Waals surface area contributed by atoms with Gasteiger partial charge < -0.3 is 14.4 Å². The molecule has 2 rings (SSSR count). The van der Waals surface area contributed by atoms with Crippen molar-refractivity contribution >= 4 is 11.5 Å². The number of likely N-dealkylation sites (N-methyl/N-ethyl adjacent to an activating group) is 1. The molecule has 2 aromatic rings. The highest BCUT2D eigenvalue weighted by molar-refractivity contribution is 5.56. The van der Waals surface area contributed by atoms with Gasteiger partial charge in [0.25, 0.3) is 0 Å².